The highest BCUT2D eigenvalue weighted by Crippen LogP contribution is 2.37. The summed E-state index contributed by atoms with van der Waals surface area (Å²) in [6.07, 6.45) is 0. The van der Waals surface area contributed by atoms with Gasteiger partial charge in [-0.15, -0.1) is 0 Å². The normalized spacial score (nSPS) is 20.6. The minimum absolute atomic E-state index is 0.427. The highest BCUT2D eigenvalue weighted by molar-refractivity contribution is 9.08. The largest absolute Gasteiger partial charge is 0.499 e. The van der Waals surface area contributed by atoms with E-state index in [0.29, 0.717) is 11.0 Å². The number of hydrogen-bond donors (Lipinski definition) is 0. The molecule has 2 heterocycles. The summed E-state index contributed by atoms with van der Waals surface area (Å²) in [4.78, 5) is 0. The Morgan fingerprint density at radius 1 is 1.32 bits per heavy atom. The van der Waals surface area contributed by atoms with Crippen LogP contribution < -0.4 is 5.46 Å². The van der Waals surface area contributed by atoms with Gasteiger partial charge < -0.3 is 9.31 Å². The average Bonchev–Trinajstić information content (AvgIpc) is 2.73. The Morgan fingerprint density at radius 3 is 2.26 bits per heavy atom. The lowest BCUT2D eigenvalue weighted by Gasteiger charge is -2.32. The highest BCUT2D eigenvalue weighted by Gasteiger charge is 2.53. The standard InChI is InChI=1S/C12H17BBrN3O2/c1-11(2)12(3,4)19-13(18-11)10-8(6-14)16-17(5)9(10)7-15/h6H2,1-5H3. The van der Waals surface area contributed by atoms with E-state index in [2.05, 4.69) is 27.1 Å². The van der Waals surface area contributed by atoms with Crippen LogP contribution >= 0.6 is 15.9 Å². The molecule has 0 saturated carbocycles. The molecule has 0 aliphatic carbocycles. The van der Waals surface area contributed by atoms with Crippen LogP contribution in [-0.4, -0.2) is 28.1 Å². The molecule has 0 amide bonds. The van der Waals surface area contributed by atoms with Gasteiger partial charge in [0.25, 0.3) is 0 Å². The molecule has 1 fully saturated rings. The van der Waals surface area contributed by atoms with Gasteiger partial charge in [-0.3, -0.25) is 4.68 Å². The summed E-state index contributed by atoms with van der Waals surface area (Å²) < 4.78 is 13.6. The summed E-state index contributed by atoms with van der Waals surface area (Å²) in [5.74, 6) is 0. The van der Waals surface area contributed by atoms with Crippen LogP contribution in [0.25, 0.3) is 0 Å². The number of nitrogens with zero attached hydrogens (tertiary/aromatic N) is 3. The summed E-state index contributed by atoms with van der Waals surface area (Å²) in [6.45, 7) is 7.96. The van der Waals surface area contributed by atoms with Crippen molar-refractivity contribution in [1.29, 1.82) is 5.26 Å². The highest BCUT2D eigenvalue weighted by atomic mass is 79.9. The average molecular weight is 326 g/mol. The Kier molecular flexibility index (Phi) is 3.54. The van der Waals surface area contributed by atoms with Gasteiger partial charge in [-0.2, -0.15) is 10.4 Å². The van der Waals surface area contributed by atoms with Crippen LogP contribution in [0, 0.1) is 11.3 Å². The molecule has 102 valence electrons. The lowest BCUT2D eigenvalue weighted by molar-refractivity contribution is 0.00578. The molecule has 5 nitrogen and oxygen atoms in total. The molecule has 0 unspecified atom stereocenters. The van der Waals surface area contributed by atoms with Crippen LogP contribution in [-0.2, 0) is 21.7 Å². The first-order valence-electron chi connectivity index (χ1n) is 6.11. The van der Waals surface area contributed by atoms with Crippen LogP contribution in [0.3, 0.4) is 0 Å². The number of alkyl halides is 1. The fourth-order valence-electron chi connectivity index (χ4n) is 2.04. The van der Waals surface area contributed by atoms with Gasteiger partial charge >= 0.3 is 7.12 Å². The van der Waals surface area contributed by atoms with Crippen LogP contribution in [0.1, 0.15) is 39.1 Å². The van der Waals surface area contributed by atoms with Crippen LogP contribution in [0.5, 0.6) is 0 Å². The molecular weight excluding hydrogens is 309 g/mol. The van der Waals surface area contributed by atoms with Crippen molar-refractivity contribution >= 4 is 28.5 Å². The van der Waals surface area contributed by atoms with E-state index < -0.39 is 18.3 Å². The quantitative estimate of drug-likeness (QED) is 0.610. The minimum atomic E-state index is -0.555. The van der Waals surface area contributed by atoms with Crippen molar-refractivity contribution in [3.05, 3.63) is 11.4 Å². The molecule has 0 radical (unpaired) electrons. The predicted octanol–water partition coefficient (Wildman–Crippen LogP) is 1.49. The monoisotopic (exact) mass is 325 g/mol. The second kappa shape index (κ2) is 4.62. The van der Waals surface area contributed by atoms with Crippen molar-refractivity contribution in [2.45, 2.75) is 44.2 Å². The summed E-state index contributed by atoms with van der Waals surface area (Å²) in [5.41, 5.74) is 1.12. The van der Waals surface area contributed by atoms with E-state index in [1.165, 1.54) is 0 Å². The Bertz CT molecular complexity index is 532. The van der Waals surface area contributed by atoms with E-state index in [-0.39, 0.29) is 0 Å². The molecule has 2 rings (SSSR count). The lowest BCUT2D eigenvalue weighted by Crippen LogP contribution is -2.41. The van der Waals surface area contributed by atoms with Crippen molar-refractivity contribution in [3.63, 3.8) is 0 Å². The second-order valence-corrected chi connectivity index (χ2v) is 6.23. The molecule has 0 spiro atoms. The molecule has 1 aromatic rings. The maximum atomic E-state index is 9.29. The smallest absolute Gasteiger partial charge is 0.399 e. The maximum Gasteiger partial charge on any atom is 0.499 e. The molecule has 0 N–H and O–H groups in total. The summed E-state index contributed by atoms with van der Waals surface area (Å²) in [7, 11) is 1.19. The Labute approximate surface area is 122 Å². The number of aromatic nitrogens is 2. The number of hydrogen-bond acceptors (Lipinski definition) is 4. The van der Waals surface area contributed by atoms with Gasteiger partial charge in [0, 0.05) is 17.8 Å². The van der Waals surface area contributed by atoms with Gasteiger partial charge in [0.05, 0.1) is 16.9 Å². The number of halogens is 1. The molecule has 0 aromatic carbocycles. The molecule has 1 aromatic heterocycles. The molecule has 1 saturated heterocycles. The molecule has 1 aliphatic heterocycles. The zero-order valence-corrected chi connectivity index (χ0v) is 13.4. The molecule has 1 aliphatic rings. The van der Waals surface area contributed by atoms with Crippen LogP contribution in [0.15, 0.2) is 0 Å². The fourth-order valence-corrected chi connectivity index (χ4v) is 2.45. The third kappa shape index (κ3) is 2.22. The van der Waals surface area contributed by atoms with Gasteiger partial charge in [-0.1, -0.05) is 15.9 Å². The van der Waals surface area contributed by atoms with Crippen molar-refractivity contribution < 1.29 is 9.31 Å². The minimum Gasteiger partial charge on any atom is -0.399 e. The van der Waals surface area contributed by atoms with E-state index in [1.54, 1.807) is 11.7 Å². The van der Waals surface area contributed by atoms with E-state index in [9.17, 15) is 5.26 Å². The van der Waals surface area contributed by atoms with Crippen LogP contribution in [0.4, 0.5) is 0 Å². The summed E-state index contributed by atoms with van der Waals surface area (Å²) in [6, 6.07) is 2.17. The van der Waals surface area contributed by atoms with Gasteiger partial charge in [0.2, 0.25) is 0 Å². The first-order valence-corrected chi connectivity index (χ1v) is 7.23. The van der Waals surface area contributed by atoms with Gasteiger partial charge in [0.15, 0.2) is 0 Å². The lowest BCUT2D eigenvalue weighted by atomic mass is 9.77. The van der Waals surface area contributed by atoms with Crippen molar-refractivity contribution in [1.82, 2.24) is 9.78 Å². The molecular formula is C12H17BBrN3O2. The predicted molar refractivity (Wildman–Crippen MR) is 76.3 cm³/mol. The van der Waals surface area contributed by atoms with Gasteiger partial charge in [-0.05, 0) is 27.7 Å². The van der Waals surface area contributed by atoms with Crippen molar-refractivity contribution in [3.8, 4) is 6.07 Å². The van der Waals surface area contributed by atoms with Crippen molar-refractivity contribution in [2.75, 3.05) is 0 Å². The van der Waals surface area contributed by atoms with E-state index in [4.69, 9.17) is 9.31 Å². The number of rotatable bonds is 2. The van der Waals surface area contributed by atoms with Gasteiger partial charge in [-0.25, -0.2) is 0 Å². The third-order valence-electron chi connectivity index (χ3n) is 3.88. The van der Waals surface area contributed by atoms with Gasteiger partial charge in [0.1, 0.15) is 11.8 Å². The van der Waals surface area contributed by atoms with E-state index in [1.807, 2.05) is 27.7 Å². The molecule has 19 heavy (non-hydrogen) atoms. The second-order valence-electron chi connectivity index (χ2n) is 5.67. The zero-order chi connectivity index (χ0) is 14.4. The molecule has 0 bridgehead atoms. The fraction of sp³-hybridized carbons (Fsp3) is 0.667. The van der Waals surface area contributed by atoms with E-state index in [0.717, 1.165) is 11.2 Å². The van der Waals surface area contributed by atoms with E-state index >= 15 is 0 Å². The van der Waals surface area contributed by atoms with Crippen molar-refractivity contribution in [2.24, 2.45) is 7.05 Å². The number of nitriles is 1. The topological polar surface area (TPSA) is 60.1 Å². The first-order chi connectivity index (χ1) is 8.73. The summed E-state index contributed by atoms with van der Waals surface area (Å²) in [5, 5.41) is 14.2. The Hall–Kier alpha value is -0.835. The number of aryl methyl sites for hydroxylation is 1. The SMILES string of the molecule is Cn1nc(CBr)c(B2OC(C)(C)C(C)(C)O2)c1C#N. The third-order valence-corrected chi connectivity index (χ3v) is 4.41. The maximum absolute atomic E-state index is 9.29. The molecule has 0 atom stereocenters. The Morgan fingerprint density at radius 2 is 1.84 bits per heavy atom. The molecule has 7 heteroatoms. The van der Waals surface area contributed by atoms with Crippen LogP contribution in [0.2, 0.25) is 0 Å². The summed E-state index contributed by atoms with van der Waals surface area (Å²) >= 11 is 3.39. The zero-order valence-electron chi connectivity index (χ0n) is 11.8. The first kappa shape index (κ1) is 14.6. The Balaban J connectivity index is 2.48.